The van der Waals surface area contributed by atoms with Crippen LogP contribution in [-0.2, 0) is 19.3 Å². The normalized spacial score (nSPS) is 27.9. The average Bonchev–Trinajstić information content (AvgIpc) is 2.25. The van der Waals surface area contributed by atoms with E-state index in [1.54, 1.807) is 0 Å². The van der Waals surface area contributed by atoms with E-state index in [-0.39, 0.29) is 12.1 Å². The highest BCUT2D eigenvalue weighted by molar-refractivity contribution is 5.81. The molecule has 1 saturated heterocycles. The lowest BCUT2D eigenvalue weighted by atomic mass is 9.89. The van der Waals surface area contributed by atoms with Crippen LogP contribution in [0, 0.1) is 5.92 Å². The first kappa shape index (κ1) is 14.5. The minimum atomic E-state index is -0.854. The summed E-state index contributed by atoms with van der Waals surface area (Å²) in [5, 5.41) is 0. The van der Waals surface area contributed by atoms with Crippen LogP contribution in [0.2, 0.25) is 0 Å². The fraction of sp³-hybridized carbons (Fsp3) is 0.923. The van der Waals surface area contributed by atoms with E-state index in [4.69, 9.17) is 14.5 Å². The molecule has 0 saturated carbocycles. The lowest BCUT2D eigenvalue weighted by molar-refractivity contribution is -0.498. The molecule has 100 valence electrons. The minimum Gasteiger partial charge on any atom is -0.463 e. The van der Waals surface area contributed by atoms with Gasteiger partial charge >= 0.3 is 5.97 Å². The van der Waals surface area contributed by atoms with Crippen LogP contribution in [0.3, 0.4) is 0 Å². The molecule has 0 aromatic rings. The second-order valence-corrected chi connectivity index (χ2v) is 5.02. The number of rotatable bonds is 7. The van der Waals surface area contributed by atoms with Crippen molar-refractivity contribution in [3.8, 4) is 0 Å². The molecule has 17 heavy (non-hydrogen) atoms. The van der Waals surface area contributed by atoms with Gasteiger partial charge in [-0.3, -0.25) is 0 Å². The van der Waals surface area contributed by atoms with E-state index in [0.29, 0.717) is 18.9 Å². The van der Waals surface area contributed by atoms with Crippen molar-refractivity contribution in [2.24, 2.45) is 5.92 Å². The molecular formula is C13H24O4. The molecule has 0 aromatic heterocycles. The van der Waals surface area contributed by atoms with Crippen molar-refractivity contribution < 1.29 is 19.3 Å². The Hall–Kier alpha value is -0.610. The lowest BCUT2D eigenvalue weighted by Gasteiger charge is -2.44. The van der Waals surface area contributed by atoms with Crippen LogP contribution in [0.25, 0.3) is 0 Å². The minimum absolute atomic E-state index is 0.149. The number of hydrogen-bond donors (Lipinski definition) is 0. The highest BCUT2D eigenvalue weighted by Gasteiger charge is 2.57. The molecule has 1 aliphatic rings. The Morgan fingerprint density at radius 1 is 1.41 bits per heavy atom. The number of esters is 1. The zero-order valence-corrected chi connectivity index (χ0v) is 11.3. The van der Waals surface area contributed by atoms with E-state index >= 15 is 0 Å². The molecule has 0 N–H and O–H groups in total. The van der Waals surface area contributed by atoms with Crippen molar-refractivity contribution in [1.29, 1.82) is 0 Å². The maximum Gasteiger partial charge on any atom is 0.344 e. The zero-order chi connectivity index (χ0) is 12.9. The number of carbonyl (C=O) groups excluding carboxylic acids is 1. The van der Waals surface area contributed by atoms with Crippen molar-refractivity contribution in [2.45, 2.75) is 65.1 Å². The van der Waals surface area contributed by atoms with E-state index < -0.39 is 5.60 Å². The Balaban J connectivity index is 2.46. The van der Waals surface area contributed by atoms with Gasteiger partial charge in [-0.1, -0.05) is 34.1 Å². The first-order valence-corrected chi connectivity index (χ1v) is 6.58. The Kier molecular flexibility index (Phi) is 5.40. The van der Waals surface area contributed by atoms with Crippen LogP contribution >= 0.6 is 0 Å². The van der Waals surface area contributed by atoms with E-state index in [1.807, 2.05) is 6.92 Å². The molecule has 1 aliphatic heterocycles. The Morgan fingerprint density at radius 3 is 2.53 bits per heavy atom. The van der Waals surface area contributed by atoms with Gasteiger partial charge in [-0.2, -0.15) is 0 Å². The van der Waals surface area contributed by atoms with E-state index in [0.717, 1.165) is 19.3 Å². The monoisotopic (exact) mass is 244 g/mol. The van der Waals surface area contributed by atoms with E-state index in [9.17, 15) is 4.79 Å². The van der Waals surface area contributed by atoms with Gasteiger partial charge in [0.15, 0.2) is 0 Å². The summed E-state index contributed by atoms with van der Waals surface area (Å²) in [7, 11) is 0. The summed E-state index contributed by atoms with van der Waals surface area (Å²) >= 11 is 0. The molecule has 1 rings (SSSR count). The van der Waals surface area contributed by atoms with Crippen LogP contribution in [0.15, 0.2) is 0 Å². The van der Waals surface area contributed by atoms with Crippen LogP contribution in [0.1, 0.15) is 53.4 Å². The molecule has 0 aliphatic carbocycles. The average molecular weight is 244 g/mol. The Labute approximate surface area is 104 Å². The van der Waals surface area contributed by atoms with Crippen LogP contribution in [-0.4, -0.2) is 24.3 Å². The van der Waals surface area contributed by atoms with Gasteiger partial charge in [0.05, 0.1) is 6.61 Å². The SMILES string of the molecule is CCCC1OOC1(CC)C(=O)OCCC(C)C. The third-order valence-electron chi connectivity index (χ3n) is 3.18. The maximum atomic E-state index is 12.0. The van der Waals surface area contributed by atoms with Gasteiger partial charge in [0.2, 0.25) is 5.60 Å². The van der Waals surface area contributed by atoms with Gasteiger partial charge in [-0.05, 0) is 25.2 Å². The van der Waals surface area contributed by atoms with E-state index in [2.05, 4.69) is 20.8 Å². The predicted molar refractivity (Wildman–Crippen MR) is 64.3 cm³/mol. The molecule has 4 nitrogen and oxygen atoms in total. The highest BCUT2D eigenvalue weighted by Crippen LogP contribution is 2.37. The summed E-state index contributed by atoms with van der Waals surface area (Å²) < 4.78 is 5.28. The molecule has 0 radical (unpaired) electrons. The molecule has 1 fully saturated rings. The fourth-order valence-corrected chi connectivity index (χ4v) is 1.88. The third-order valence-corrected chi connectivity index (χ3v) is 3.18. The number of ether oxygens (including phenoxy) is 1. The molecule has 4 heteroatoms. The largest absolute Gasteiger partial charge is 0.463 e. The van der Waals surface area contributed by atoms with Gasteiger partial charge in [-0.15, -0.1) is 0 Å². The van der Waals surface area contributed by atoms with Crippen LogP contribution in [0.4, 0.5) is 0 Å². The maximum absolute atomic E-state index is 12.0. The second-order valence-electron chi connectivity index (χ2n) is 5.02. The van der Waals surface area contributed by atoms with Crippen molar-refractivity contribution in [3.63, 3.8) is 0 Å². The summed E-state index contributed by atoms with van der Waals surface area (Å²) in [6.45, 7) is 8.65. The van der Waals surface area contributed by atoms with Crippen LogP contribution in [0.5, 0.6) is 0 Å². The summed E-state index contributed by atoms with van der Waals surface area (Å²) in [5.74, 6) is 0.260. The fourth-order valence-electron chi connectivity index (χ4n) is 1.88. The predicted octanol–water partition coefficient (Wildman–Crippen LogP) is 2.86. The van der Waals surface area contributed by atoms with Gasteiger partial charge < -0.3 is 4.74 Å². The first-order valence-electron chi connectivity index (χ1n) is 6.58. The molecule has 0 amide bonds. The topological polar surface area (TPSA) is 44.8 Å². The Bertz CT molecular complexity index is 248. The molecule has 2 unspecified atom stereocenters. The second kappa shape index (κ2) is 6.36. The summed E-state index contributed by atoms with van der Waals surface area (Å²) in [5.41, 5.74) is -0.854. The Morgan fingerprint density at radius 2 is 2.12 bits per heavy atom. The molecule has 0 bridgehead atoms. The van der Waals surface area contributed by atoms with Crippen molar-refractivity contribution in [1.82, 2.24) is 0 Å². The smallest absolute Gasteiger partial charge is 0.344 e. The highest BCUT2D eigenvalue weighted by atomic mass is 17.3. The third kappa shape index (κ3) is 3.19. The molecular weight excluding hydrogens is 220 g/mol. The standard InChI is InChI=1S/C13H24O4/c1-5-7-11-13(6-2,17-16-11)12(14)15-9-8-10(3)4/h10-11H,5-9H2,1-4H3. The lowest BCUT2D eigenvalue weighted by Crippen LogP contribution is -2.61. The molecule has 0 spiro atoms. The molecule has 2 atom stereocenters. The summed E-state index contributed by atoms with van der Waals surface area (Å²) in [6.07, 6.45) is 3.12. The molecule has 1 heterocycles. The summed E-state index contributed by atoms with van der Waals surface area (Å²) in [6, 6.07) is 0. The van der Waals surface area contributed by atoms with Crippen LogP contribution < -0.4 is 0 Å². The van der Waals surface area contributed by atoms with E-state index in [1.165, 1.54) is 0 Å². The van der Waals surface area contributed by atoms with Crippen molar-refractivity contribution in [2.75, 3.05) is 6.61 Å². The van der Waals surface area contributed by atoms with Gasteiger partial charge in [0.1, 0.15) is 6.10 Å². The van der Waals surface area contributed by atoms with Crippen molar-refractivity contribution in [3.05, 3.63) is 0 Å². The van der Waals surface area contributed by atoms with Gasteiger partial charge in [-0.25, -0.2) is 14.6 Å². The quantitative estimate of drug-likeness (QED) is 0.510. The number of hydrogen-bond acceptors (Lipinski definition) is 4. The summed E-state index contributed by atoms with van der Waals surface area (Å²) in [4.78, 5) is 22.1. The zero-order valence-electron chi connectivity index (χ0n) is 11.3. The van der Waals surface area contributed by atoms with Gasteiger partial charge in [0.25, 0.3) is 0 Å². The number of carbonyl (C=O) groups is 1. The van der Waals surface area contributed by atoms with Gasteiger partial charge in [0, 0.05) is 0 Å². The molecule has 0 aromatic carbocycles. The first-order chi connectivity index (χ1) is 8.06. The van der Waals surface area contributed by atoms with Crippen molar-refractivity contribution >= 4 is 5.97 Å².